The number of benzene rings is 1. The van der Waals surface area contributed by atoms with Gasteiger partial charge in [0.2, 0.25) is 5.91 Å². The molecule has 1 fully saturated rings. The molecule has 2 N–H and O–H groups in total. The minimum Gasteiger partial charge on any atom is -0.355 e. The summed E-state index contributed by atoms with van der Waals surface area (Å²) in [5.41, 5.74) is 0.622. The minimum atomic E-state index is -0.225. The molecule has 1 aromatic carbocycles. The maximum absolute atomic E-state index is 13.5. The minimum absolute atomic E-state index is 0. The molecule has 1 heterocycles. The quantitative estimate of drug-likeness (QED) is 0.861. The van der Waals surface area contributed by atoms with E-state index >= 15 is 0 Å². The molecule has 0 aliphatic carbocycles. The van der Waals surface area contributed by atoms with Gasteiger partial charge < -0.3 is 10.6 Å². The summed E-state index contributed by atoms with van der Waals surface area (Å²) < 4.78 is 14.4. The highest BCUT2D eigenvalue weighted by molar-refractivity contribution is 9.10. The molecular formula is C14H19BrClFN2O. The van der Waals surface area contributed by atoms with Gasteiger partial charge in [-0.25, -0.2) is 4.39 Å². The number of hydrogen-bond donors (Lipinski definition) is 2. The van der Waals surface area contributed by atoms with Crippen LogP contribution in [0.1, 0.15) is 18.4 Å². The van der Waals surface area contributed by atoms with Crippen molar-refractivity contribution in [2.75, 3.05) is 19.6 Å². The van der Waals surface area contributed by atoms with Crippen LogP contribution in [0.5, 0.6) is 0 Å². The van der Waals surface area contributed by atoms with Gasteiger partial charge in [0.1, 0.15) is 5.82 Å². The maximum Gasteiger partial charge on any atom is 0.224 e. The lowest BCUT2D eigenvalue weighted by atomic mass is 9.99. The van der Waals surface area contributed by atoms with Crippen LogP contribution >= 0.6 is 28.3 Å². The normalized spacial score (nSPS) is 18.2. The van der Waals surface area contributed by atoms with Crippen molar-refractivity contribution in [3.63, 3.8) is 0 Å². The summed E-state index contributed by atoms with van der Waals surface area (Å²) in [7, 11) is 0. The Labute approximate surface area is 133 Å². The lowest BCUT2D eigenvalue weighted by molar-refractivity contribution is -0.125. The highest BCUT2D eigenvalue weighted by Gasteiger charge is 2.20. The number of amides is 1. The molecule has 1 aromatic rings. The Bertz CT molecular complexity index is 453. The summed E-state index contributed by atoms with van der Waals surface area (Å²) in [6.07, 6.45) is 2.49. The zero-order valence-corrected chi connectivity index (χ0v) is 13.5. The predicted molar refractivity (Wildman–Crippen MR) is 83.7 cm³/mol. The molecule has 0 saturated carbocycles. The van der Waals surface area contributed by atoms with Gasteiger partial charge in [-0.05, 0) is 49.6 Å². The number of rotatable bonds is 4. The van der Waals surface area contributed by atoms with Crippen molar-refractivity contribution in [2.24, 2.45) is 5.92 Å². The number of hydrogen-bond acceptors (Lipinski definition) is 2. The fraction of sp³-hybridized carbons (Fsp3) is 0.500. The van der Waals surface area contributed by atoms with Crippen LogP contribution in [0.3, 0.4) is 0 Å². The van der Waals surface area contributed by atoms with E-state index in [0.717, 1.165) is 30.4 Å². The number of piperidine rings is 1. The van der Waals surface area contributed by atoms with Gasteiger partial charge in [0, 0.05) is 17.6 Å². The van der Waals surface area contributed by atoms with Crippen LogP contribution in [-0.2, 0) is 11.2 Å². The van der Waals surface area contributed by atoms with Crippen molar-refractivity contribution >= 4 is 34.2 Å². The van der Waals surface area contributed by atoms with E-state index in [1.165, 1.54) is 6.07 Å². The van der Waals surface area contributed by atoms with Gasteiger partial charge in [0.15, 0.2) is 0 Å². The third kappa shape index (κ3) is 5.04. The van der Waals surface area contributed by atoms with Crippen LogP contribution in [0, 0.1) is 11.7 Å². The van der Waals surface area contributed by atoms with Gasteiger partial charge >= 0.3 is 0 Å². The van der Waals surface area contributed by atoms with Crippen LogP contribution in [0.4, 0.5) is 4.39 Å². The van der Waals surface area contributed by atoms with E-state index in [-0.39, 0.29) is 30.0 Å². The number of carbonyl (C=O) groups excluding carboxylic acids is 1. The highest BCUT2D eigenvalue weighted by Crippen LogP contribution is 2.16. The maximum atomic E-state index is 13.5. The van der Waals surface area contributed by atoms with Gasteiger partial charge in [-0.3, -0.25) is 4.79 Å². The molecule has 1 aliphatic heterocycles. The summed E-state index contributed by atoms with van der Waals surface area (Å²) in [5, 5.41) is 6.10. The summed E-state index contributed by atoms with van der Waals surface area (Å²) >= 11 is 3.32. The van der Waals surface area contributed by atoms with Gasteiger partial charge in [-0.2, -0.15) is 0 Å². The molecule has 0 bridgehead atoms. The smallest absolute Gasteiger partial charge is 0.224 e. The summed E-state index contributed by atoms with van der Waals surface area (Å²) in [4.78, 5) is 11.9. The number of halogens is 3. The Balaban J connectivity index is 0.00000200. The van der Waals surface area contributed by atoms with Crippen LogP contribution in [0.15, 0.2) is 22.7 Å². The monoisotopic (exact) mass is 364 g/mol. The first-order chi connectivity index (χ1) is 9.16. The highest BCUT2D eigenvalue weighted by atomic mass is 79.9. The van der Waals surface area contributed by atoms with E-state index in [9.17, 15) is 9.18 Å². The van der Waals surface area contributed by atoms with Crippen LogP contribution in [-0.4, -0.2) is 25.5 Å². The zero-order chi connectivity index (χ0) is 13.7. The Kier molecular flexibility index (Phi) is 7.48. The van der Waals surface area contributed by atoms with E-state index in [2.05, 4.69) is 26.6 Å². The van der Waals surface area contributed by atoms with Crippen LogP contribution in [0.2, 0.25) is 0 Å². The lowest BCUT2D eigenvalue weighted by Crippen LogP contribution is -2.41. The summed E-state index contributed by atoms with van der Waals surface area (Å²) in [6.45, 7) is 2.22. The molecule has 2 rings (SSSR count). The van der Waals surface area contributed by atoms with Crippen molar-refractivity contribution in [2.45, 2.75) is 19.3 Å². The Morgan fingerprint density at radius 2 is 2.30 bits per heavy atom. The molecule has 3 nitrogen and oxygen atoms in total. The standard InChI is InChI=1S/C14H18BrFN2O.ClH/c15-12-3-4-13(16)10(8-12)5-7-18-14(19)11-2-1-6-17-9-11;/h3-4,8,11,17H,1-2,5-7,9H2,(H,18,19);1H. The van der Waals surface area contributed by atoms with Gasteiger partial charge in [-0.1, -0.05) is 15.9 Å². The molecular weight excluding hydrogens is 347 g/mol. The van der Waals surface area contributed by atoms with E-state index in [4.69, 9.17) is 0 Å². The SMILES string of the molecule is Cl.O=C(NCCc1cc(Br)ccc1F)C1CCCNC1. The average Bonchev–Trinajstić information content (AvgIpc) is 2.43. The first kappa shape index (κ1) is 17.4. The van der Waals surface area contributed by atoms with E-state index < -0.39 is 0 Å². The predicted octanol–water partition coefficient (Wildman–Crippen LogP) is 2.67. The van der Waals surface area contributed by atoms with Crippen molar-refractivity contribution in [1.82, 2.24) is 10.6 Å². The zero-order valence-electron chi connectivity index (χ0n) is 11.1. The molecule has 0 aromatic heterocycles. The second-order valence-electron chi connectivity index (χ2n) is 4.82. The molecule has 0 radical (unpaired) electrons. The van der Waals surface area contributed by atoms with Crippen molar-refractivity contribution in [1.29, 1.82) is 0 Å². The van der Waals surface area contributed by atoms with E-state index in [1.54, 1.807) is 12.1 Å². The summed E-state index contributed by atoms with van der Waals surface area (Å²) in [5.74, 6) is -0.0968. The fourth-order valence-corrected chi connectivity index (χ4v) is 2.68. The third-order valence-corrected chi connectivity index (χ3v) is 3.86. The molecule has 112 valence electrons. The van der Waals surface area contributed by atoms with Crippen molar-refractivity contribution in [3.05, 3.63) is 34.1 Å². The Morgan fingerprint density at radius 3 is 3.00 bits per heavy atom. The van der Waals surface area contributed by atoms with Gasteiger partial charge in [0.25, 0.3) is 0 Å². The average molecular weight is 366 g/mol. The molecule has 0 spiro atoms. The summed E-state index contributed by atoms with van der Waals surface area (Å²) in [6, 6.07) is 4.86. The van der Waals surface area contributed by atoms with Crippen molar-refractivity contribution in [3.8, 4) is 0 Å². The molecule has 6 heteroatoms. The van der Waals surface area contributed by atoms with Crippen molar-refractivity contribution < 1.29 is 9.18 Å². The Morgan fingerprint density at radius 1 is 1.50 bits per heavy atom. The fourth-order valence-electron chi connectivity index (χ4n) is 2.28. The second kappa shape index (κ2) is 8.60. The van der Waals surface area contributed by atoms with E-state index in [1.807, 2.05) is 0 Å². The van der Waals surface area contributed by atoms with Crippen LogP contribution in [0.25, 0.3) is 0 Å². The third-order valence-electron chi connectivity index (χ3n) is 3.37. The number of carbonyl (C=O) groups is 1. The largest absolute Gasteiger partial charge is 0.355 e. The molecule has 1 unspecified atom stereocenters. The first-order valence-electron chi connectivity index (χ1n) is 6.59. The molecule has 1 amide bonds. The van der Waals surface area contributed by atoms with E-state index in [0.29, 0.717) is 18.5 Å². The van der Waals surface area contributed by atoms with Gasteiger partial charge in [-0.15, -0.1) is 12.4 Å². The molecule has 1 atom stereocenters. The number of nitrogens with one attached hydrogen (secondary N) is 2. The van der Waals surface area contributed by atoms with Crippen LogP contribution < -0.4 is 10.6 Å². The molecule has 20 heavy (non-hydrogen) atoms. The topological polar surface area (TPSA) is 41.1 Å². The van der Waals surface area contributed by atoms with Gasteiger partial charge in [0.05, 0.1) is 5.92 Å². The Hall–Kier alpha value is -0.650. The lowest BCUT2D eigenvalue weighted by Gasteiger charge is -2.21. The molecule has 1 aliphatic rings. The first-order valence-corrected chi connectivity index (χ1v) is 7.38. The molecule has 1 saturated heterocycles. The second-order valence-corrected chi connectivity index (χ2v) is 5.74.